The molecule has 2 aliphatic carbocycles. The summed E-state index contributed by atoms with van der Waals surface area (Å²) in [6.45, 7) is 8.35. The van der Waals surface area contributed by atoms with Crippen molar-refractivity contribution in [1.82, 2.24) is 0 Å². The molecule has 0 aromatic heterocycles. The summed E-state index contributed by atoms with van der Waals surface area (Å²) < 4.78 is 19.0. The summed E-state index contributed by atoms with van der Waals surface area (Å²) in [5.41, 5.74) is 1.01. The van der Waals surface area contributed by atoms with Crippen LogP contribution in [-0.2, 0) is 5.11 Å². The molecular formula is C58H81O6. The molecular weight excluding hydrogens is 793 g/mol. The number of rotatable bonds is 36. The van der Waals surface area contributed by atoms with Gasteiger partial charge in [0.05, 0.1) is 19.8 Å². The van der Waals surface area contributed by atoms with Crippen molar-refractivity contribution >= 4 is 43.1 Å². The average Bonchev–Trinajstić information content (AvgIpc) is 3.30. The van der Waals surface area contributed by atoms with Crippen molar-refractivity contribution in [3.05, 3.63) is 56.8 Å². The van der Waals surface area contributed by atoms with Crippen molar-refractivity contribution in [2.75, 3.05) is 19.8 Å². The second-order valence-electron chi connectivity index (χ2n) is 19.1. The van der Waals surface area contributed by atoms with Crippen LogP contribution in [0, 0.1) is 0 Å². The lowest BCUT2D eigenvalue weighted by Crippen LogP contribution is -2.14. The van der Waals surface area contributed by atoms with Crippen LogP contribution < -0.4 is 25.1 Å². The third-order valence-corrected chi connectivity index (χ3v) is 13.9. The number of hydrogen-bond acceptors (Lipinski definition) is 5. The summed E-state index contributed by atoms with van der Waals surface area (Å²) in [6.07, 6.45) is 37.0. The Morgan fingerprint density at radius 3 is 0.859 bits per heavy atom. The van der Waals surface area contributed by atoms with Crippen LogP contribution in [0.5, 0.6) is 23.0 Å². The zero-order valence-corrected chi connectivity index (χ0v) is 40.2. The van der Waals surface area contributed by atoms with E-state index in [9.17, 15) is 14.7 Å². The number of unbranched alkanes of at least 4 members (excludes halogenated alkanes) is 27. The van der Waals surface area contributed by atoms with Crippen molar-refractivity contribution in [1.29, 1.82) is 0 Å². The monoisotopic (exact) mass is 874 g/mol. The lowest BCUT2D eigenvalue weighted by Gasteiger charge is -2.23. The molecule has 0 amide bonds. The molecule has 4 aromatic carbocycles. The van der Waals surface area contributed by atoms with Crippen LogP contribution in [0.15, 0.2) is 46.0 Å². The minimum absolute atomic E-state index is 0.200. The van der Waals surface area contributed by atoms with E-state index >= 15 is 0 Å². The van der Waals surface area contributed by atoms with Crippen molar-refractivity contribution < 1.29 is 19.3 Å². The molecule has 0 atom stereocenters. The Labute approximate surface area is 385 Å². The van der Waals surface area contributed by atoms with E-state index in [1.54, 1.807) is 0 Å². The maximum atomic E-state index is 14.6. The highest BCUT2D eigenvalue weighted by Gasteiger charge is 2.30. The Bertz CT molecular complexity index is 2170. The molecule has 0 fully saturated rings. The summed E-state index contributed by atoms with van der Waals surface area (Å²) in [6, 6.07) is 10.9. The molecule has 349 valence electrons. The first-order chi connectivity index (χ1) is 31.5. The van der Waals surface area contributed by atoms with Gasteiger partial charge in [-0.3, -0.25) is 14.7 Å². The van der Waals surface area contributed by atoms with Crippen LogP contribution in [0.4, 0.5) is 0 Å². The molecule has 0 spiro atoms. The third kappa shape index (κ3) is 13.3. The number of ether oxygens (including phenoxy) is 3. The van der Waals surface area contributed by atoms with Crippen LogP contribution in [0.3, 0.4) is 0 Å². The SMILES string of the molecule is CCCCCCCCCCCCOc1cc2c3c(c1)c(=O)c1cc(OCCCCCCCCCCCC)cc4c([O])c5cc(OCCCCCCCCCCCC)cc(c2=O)c5c-3c41. The van der Waals surface area contributed by atoms with E-state index in [1.165, 1.54) is 154 Å². The van der Waals surface area contributed by atoms with E-state index in [4.69, 9.17) is 14.2 Å². The standard InChI is InChI=1S/C58H81O6/c1-4-7-10-13-16-19-22-25-28-31-34-62-43-37-46-52-47(38-43)57(60)49-40-45(64-36-33-30-27-24-21-18-15-12-9-6-3)42-51-54(49)55(52)53-48(56(46)59)39-44(41-50(53)58(51)61)63-35-32-29-26-23-20-17-14-11-8-5-2/h37-42H,4-36H2,1-3H3. The van der Waals surface area contributed by atoms with Gasteiger partial charge >= 0.3 is 0 Å². The minimum atomic E-state index is -0.200. The van der Waals surface area contributed by atoms with E-state index in [0.717, 1.165) is 44.1 Å². The largest absolute Gasteiger partial charge is 0.494 e. The van der Waals surface area contributed by atoms with Gasteiger partial charge in [0.15, 0.2) is 16.6 Å². The zero-order valence-electron chi connectivity index (χ0n) is 40.2. The third-order valence-electron chi connectivity index (χ3n) is 13.9. The quantitative estimate of drug-likeness (QED) is 0.0223. The fraction of sp³-hybridized carbons (Fsp3) is 0.621. The predicted octanol–water partition coefficient (Wildman–Crippen LogP) is 17.5. The Balaban J connectivity index is 1.22. The van der Waals surface area contributed by atoms with Crippen molar-refractivity contribution in [3.63, 3.8) is 0 Å². The summed E-state index contributed by atoms with van der Waals surface area (Å²) in [5.74, 6) is 1.41. The van der Waals surface area contributed by atoms with Gasteiger partial charge < -0.3 is 14.2 Å². The number of hydrogen-bond donors (Lipinski definition) is 0. The lowest BCUT2D eigenvalue weighted by atomic mass is 9.80. The molecule has 0 unspecified atom stereocenters. The molecule has 64 heavy (non-hydrogen) atoms. The zero-order chi connectivity index (χ0) is 44.9. The van der Waals surface area contributed by atoms with Gasteiger partial charge in [-0.2, -0.15) is 0 Å². The molecule has 0 heterocycles. The molecule has 6 rings (SSSR count). The van der Waals surface area contributed by atoms with E-state index in [-0.39, 0.29) is 16.6 Å². The van der Waals surface area contributed by atoms with E-state index < -0.39 is 0 Å². The highest BCUT2D eigenvalue weighted by Crippen LogP contribution is 2.52. The van der Waals surface area contributed by atoms with Gasteiger partial charge in [-0.1, -0.05) is 194 Å². The first-order valence-electron chi connectivity index (χ1n) is 26.4. The lowest BCUT2D eigenvalue weighted by molar-refractivity contribution is 0.304. The number of benzene rings is 6. The molecule has 0 saturated heterocycles. The second-order valence-corrected chi connectivity index (χ2v) is 19.1. The first kappa shape index (κ1) is 49.4. The predicted molar refractivity (Wildman–Crippen MR) is 271 cm³/mol. The van der Waals surface area contributed by atoms with Gasteiger partial charge in [0.2, 0.25) is 0 Å². The second kappa shape index (κ2) is 26.8. The van der Waals surface area contributed by atoms with Crippen LogP contribution in [-0.4, -0.2) is 19.8 Å². The Kier molecular flexibility index (Phi) is 20.7. The Morgan fingerprint density at radius 1 is 0.312 bits per heavy atom. The molecule has 2 aliphatic rings. The van der Waals surface area contributed by atoms with Gasteiger partial charge in [0.1, 0.15) is 17.2 Å². The van der Waals surface area contributed by atoms with Crippen molar-refractivity contribution in [3.8, 4) is 34.1 Å². The maximum Gasteiger partial charge on any atom is 0.194 e. The van der Waals surface area contributed by atoms with Crippen LogP contribution >= 0.6 is 0 Å². The topological polar surface area (TPSA) is 81.7 Å². The smallest absolute Gasteiger partial charge is 0.194 e. The van der Waals surface area contributed by atoms with Crippen molar-refractivity contribution in [2.24, 2.45) is 0 Å². The molecule has 0 N–H and O–H groups in total. The summed E-state index contributed by atoms with van der Waals surface area (Å²) >= 11 is 0. The Morgan fingerprint density at radius 2 is 0.562 bits per heavy atom. The molecule has 6 heteroatoms. The Hall–Kier alpha value is -4.06. The fourth-order valence-electron chi connectivity index (χ4n) is 10.1. The molecule has 0 saturated carbocycles. The molecule has 0 bridgehead atoms. The molecule has 6 nitrogen and oxygen atoms in total. The fourth-order valence-corrected chi connectivity index (χ4v) is 10.1. The van der Waals surface area contributed by atoms with Crippen LogP contribution in [0.25, 0.3) is 54.2 Å². The normalized spacial score (nSPS) is 12.0. The van der Waals surface area contributed by atoms with Gasteiger partial charge in [-0.25, -0.2) is 0 Å². The summed E-state index contributed by atoms with van der Waals surface area (Å²) in [5, 5.41) is 18.6. The van der Waals surface area contributed by atoms with Gasteiger partial charge in [0, 0.05) is 54.2 Å². The van der Waals surface area contributed by atoms with Crippen LogP contribution in [0.1, 0.15) is 213 Å². The van der Waals surface area contributed by atoms with E-state index in [2.05, 4.69) is 20.8 Å². The first-order valence-corrected chi connectivity index (χ1v) is 26.4. The van der Waals surface area contributed by atoms with E-state index in [0.29, 0.717) is 85.7 Å². The molecule has 4 aromatic rings. The molecule has 0 aliphatic heterocycles. The molecule has 1 radical (unpaired) electrons. The summed E-state index contributed by atoms with van der Waals surface area (Å²) in [4.78, 5) is 29.3. The highest BCUT2D eigenvalue weighted by atomic mass is 16.5. The van der Waals surface area contributed by atoms with Crippen LogP contribution in [0.2, 0.25) is 0 Å². The van der Waals surface area contributed by atoms with Gasteiger partial charge in [-0.15, -0.1) is 0 Å². The van der Waals surface area contributed by atoms with Gasteiger partial charge in [0.25, 0.3) is 0 Å². The van der Waals surface area contributed by atoms with E-state index in [1.807, 2.05) is 36.4 Å². The summed E-state index contributed by atoms with van der Waals surface area (Å²) in [7, 11) is 0. The van der Waals surface area contributed by atoms with Crippen molar-refractivity contribution in [2.45, 2.75) is 213 Å². The average molecular weight is 874 g/mol. The maximum absolute atomic E-state index is 14.6. The van der Waals surface area contributed by atoms with Gasteiger partial charge in [-0.05, 0) is 55.7 Å². The minimum Gasteiger partial charge on any atom is -0.494 e. The highest BCUT2D eigenvalue weighted by molar-refractivity contribution is 6.32.